The van der Waals surface area contributed by atoms with Gasteiger partial charge in [0.05, 0.1) is 11.0 Å². The third-order valence-corrected chi connectivity index (χ3v) is 11.2. The highest BCUT2D eigenvalue weighted by Gasteiger charge is 2.20. The number of nitrogens with zero attached hydrogens (tertiary/aromatic N) is 3. The smallest absolute Gasteiger partial charge is 0.227 e. The maximum Gasteiger partial charge on any atom is 0.227 e. The number of aromatic nitrogens is 2. The van der Waals surface area contributed by atoms with Gasteiger partial charge in [-0.25, -0.2) is 4.98 Å². The minimum Gasteiger partial charge on any atom is -0.456 e. The Morgan fingerprint density at radius 1 is 0.411 bits per heavy atom. The van der Waals surface area contributed by atoms with Gasteiger partial charge in [-0.1, -0.05) is 91.0 Å². The number of furan rings is 1. The van der Waals surface area contributed by atoms with Crippen molar-refractivity contribution in [2.24, 2.45) is 0 Å². The molecular weight excluding hydrogens is 687 g/mol. The van der Waals surface area contributed by atoms with Gasteiger partial charge in [-0.3, -0.25) is 0 Å². The second-order valence-electron chi connectivity index (χ2n) is 14.4. The zero-order chi connectivity index (χ0) is 36.7. The van der Waals surface area contributed by atoms with Gasteiger partial charge >= 0.3 is 0 Å². The topological polar surface area (TPSA) is 47.3 Å². The quantitative estimate of drug-likeness (QED) is 0.166. The van der Waals surface area contributed by atoms with Gasteiger partial charge in [0.1, 0.15) is 16.7 Å². The number of benzene rings is 9. The van der Waals surface area contributed by atoms with Crippen LogP contribution in [0.2, 0.25) is 0 Å². The number of hydrogen-bond donors (Lipinski definition) is 0. The number of anilines is 3. The van der Waals surface area contributed by atoms with Crippen molar-refractivity contribution in [2.75, 3.05) is 4.90 Å². The minimum atomic E-state index is 0.597. The monoisotopic (exact) mass is 717 g/mol. The van der Waals surface area contributed by atoms with Crippen LogP contribution in [-0.2, 0) is 0 Å². The lowest BCUT2D eigenvalue weighted by Crippen LogP contribution is -2.09. The first-order valence-corrected chi connectivity index (χ1v) is 18.9. The molecule has 0 N–H and O–H groups in total. The van der Waals surface area contributed by atoms with Crippen molar-refractivity contribution < 1.29 is 8.83 Å². The summed E-state index contributed by atoms with van der Waals surface area (Å²) in [5, 5.41) is 9.20. The summed E-state index contributed by atoms with van der Waals surface area (Å²) in [6, 6.07) is 66.2. The molecule has 56 heavy (non-hydrogen) atoms. The molecule has 0 radical (unpaired) electrons. The van der Waals surface area contributed by atoms with Crippen LogP contribution in [0, 0.1) is 0 Å². The van der Waals surface area contributed by atoms with Gasteiger partial charge in [-0.05, 0) is 113 Å². The lowest BCUT2D eigenvalue weighted by Gasteiger charge is -2.26. The summed E-state index contributed by atoms with van der Waals surface area (Å²) >= 11 is 0. The number of rotatable bonds is 5. The van der Waals surface area contributed by atoms with Crippen LogP contribution in [0.1, 0.15) is 0 Å². The molecule has 12 rings (SSSR count). The molecule has 3 heterocycles. The summed E-state index contributed by atoms with van der Waals surface area (Å²) in [5.41, 5.74) is 10.9. The lowest BCUT2D eigenvalue weighted by atomic mass is 10.0. The highest BCUT2D eigenvalue weighted by Crippen LogP contribution is 2.42. The summed E-state index contributed by atoms with van der Waals surface area (Å²) < 4.78 is 15.2. The molecular formula is C51H31N3O2. The summed E-state index contributed by atoms with van der Waals surface area (Å²) in [6.45, 7) is 0. The molecule has 0 aliphatic rings. The van der Waals surface area contributed by atoms with E-state index in [1.54, 1.807) is 0 Å². The van der Waals surface area contributed by atoms with Crippen molar-refractivity contribution in [1.82, 2.24) is 9.55 Å². The first-order chi connectivity index (χ1) is 27.7. The summed E-state index contributed by atoms with van der Waals surface area (Å²) in [4.78, 5) is 7.28. The van der Waals surface area contributed by atoms with E-state index in [1.807, 2.05) is 12.1 Å². The highest BCUT2D eigenvalue weighted by molar-refractivity contribution is 6.15. The molecule has 12 aromatic rings. The number of hydrogen-bond acceptors (Lipinski definition) is 4. The first kappa shape index (κ1) is 30.8. The largest absolute Gasteiger partial charge is 0.456 e. The van der Waals surface area contributed by atoms with E-state index in [1.165, 1.54) is 27.1 Å². The predicted molar refractivity (Wildman–Crippen MR) is 231 cm³/mol. The van der Waals surface area contributed by atoms with Crippen LogP contribution in [0.4, 0.5) is 17.1 Å². The lowest BCUT2D eigenvalue weighted by molar-refractivity contribution is 0.623. The van der Waals surface area contributed by atoms with Gasteiger partial charge in [-0.15, -0.1) is 0 Å². The van der Waals surface area contributed by atoms with E-state index in [4.69, 9.17) is 13.8 Å². The van der Waals surface area contributed by atoms with Crippen molar-refractivity contribution in [2.45, 2.75) is 0 Å². The summed E-state index contributed by atoms with van der Waals surface area (Å²) in [7, 11) is 0. The molecule has 9 aromatic carbocycles. The fraction of sp³-hybridized carbons (Fsp3) is 0. The molecule has 0 amide bonds. The van der Waals surface area contributed by atoms with Gasteiger partial charge in [-0.2, -0.15) is 0 Å². The maximum absolute atomic E-state index is 6.56. The van der Waals surface area contributed by atoms with E-state index in [-0.39, 0.29) is 0 Å². The Bertz CT molecular complexity index is 3480. The Balaban J connectivity index is 1.02. The van der Waals surface area contributed by atoms with Gasteiger partial charge in [0.2, 0.25) is 5.89 Å². The van der Waals surface area contributed by atoms with Gasteiger partial charge in [0.25, 0.3) is 0 Å². The molecule has 0 spiro atoms. The van der Waals surface area contributed by atoms with Crippen LogP contribution in [0.5, 0.6) is 0 Å². The average Bonchev–Trinajstić information content (AvgIpc) is 3.96. The molecule has 0 atom stereocenters. The maximum atomic E-state index is 6.56. The summed E-state index contributed by atoms with van der Waals surface area (Å²) in [6.07, 6.45) is 0. The van der Waals surface area contributed by atoms with Crippen LogP contribution in [0.3, 0.4) is 0 Å². The van der Waals surface area contributed by atoms with E-state index in [0.717, 1.165) is 77.6 Å². The molecule has 5 nitrogen and oxygen atoms in total. The standard InChI is InChI=1S/C51H31N3O2/c1-2-11-34(12-3-1)54-46-16-8-6-14-40(46)43-30-36(23-28-47(43)54)53(37-24-29-49-44(31-37)41-15-7-9-17-48(41)55-49)35-21-18-33(19-22-35)51-52-45-27-26-39-38-13-5-4-10-32(38)20-25-42(39)50(45)56-51/h1-31H. The van der Waals surface area contributed by atoms with Crippen LogP contribution in [-0.4, -0.2) is 9.55 Å². The van der Waals surface area contributed by atoms with Crippen LogP contribution in [0.15, 0.2) is 197 Å². The Labute approximate surface area is 320 Å². The SMILES string of the molecule is c1ccc(-n2c3ccccc3c3cc(N(c4ccc(-c5nc6ccc7c8ccccc8ccc7c6o5)cc4)c4ccc5oc6ccccc6c5c4)ccc32)cc1. The second-order valence-corrected chi connectivity index (χ2v) is 14.4. The Kier molecular flexibility index (Phi) is 6.56. The molecule has 0 aliphatic carbocycles. The van der Waals surface area contributed by atoms with Gasteiger partial charge in [0.15, 0.2) is 5.58 Å². The Morgan fingerprint density at radius 2 is 1.07 bits per heavy atom. The van der Waals surface area contributed by atoms with E-state index in [9.17, 15) is 0 Å². The van der Waals surface area contributed by atoms with Crippen LogP contribution in [0.25, 0.3) is 93.5 Å². The van der Waals surface area contributed by atoms with E-state index in [0.29, 0.717) is 5.89 Å². The molecule has 0 saturated heterocycles. The minimum absolute atomic E-state index is 0.597. The molecule has 0 bridgehead atoms. The molecule has 0 saturated carbocycles. The zero-order valence-electron chi connectivity index (χ0n) is 30.1. The van der Waals surface area contributed by atoms with Crippen molar-refractivity contribution in [3.63, 3.8) is 0 Å². The van der Waals surface area contributed by atoms with E-state index in [2.05, 4.69) is 185 Å². The Morgan fingerprint density at radius 3 is 1.95 bits per heavy atom. The van der Waals surface area contributed by atoms with E-state index < -0.39 is 0 Å². The first-order valence-electron chi connectivity index (χ1n) is 18.9. The average molecular weight is 718 g/mol. The second kappa shape index (κ2) is 11.9. The fourth-order valence-electron chi connectivity index (χ4n) is 8.61. The van der Waals surface area contributed by atoms with Crippen molar-refractivity contribution in [1.29, 1.82) is 0 Å². The third-order valence-electron chi connectivity index (χ3n) is 11.2. The molecule has 0 fully saturated rings. The molecule has 262 valence electrons. The van der Waals surface area contributed by atoms with E-state index >= 15 is 0 Å². The predicted octanol–water partition coefficient (Wildman–Crippen LogP) is 14.3. The van der Waals surface area contributed by atoms with Gasteiger partial charge < -0.3 is 18.3 Å². The number of fused-ring (bicyclic) bond motifs is 11. The van der Waals surface area contributed by atoms with Crippen molar-refractivity contribution >= 4 is 93.5 Å². The molecule has 5 heteroatoms. The van der Waals surface area contributed by atoms with Crippen LogP contribution < -0.4 is 4.90 Å². The molecule has 0 unspecified atom stereocenters. The molecule has 3 aromatic heterocycles. The van der Waals surface area contributed by atoms with Crippen LogP contribution >= 0.6 is 0 Å². The van der Waals surface area contributed by atoms with Crippen molar-refractivity contribution in [3.8, 4) is 17.1 Å². The zero-order valence-corrected chi connectivity index (χ0v) is 30.1. The molecule has 0 aliphatic heterocycles. The van der Waals surface area contributed by atoms with Gasteiger partial charge in [0, 0.05) is 55.2 Å². The number of oxazole rings is 1. The normalized spacial score (nSPS) is 11.9. The Hall–Kier alpha value is -7.63. The third kappa shape index (κ3) is 4.64. The van der Waals surface area contributed by atoms with Crippen molar-refractivity contribution in [3.05, 3.63) is 188 Å². The number of para-hydroxylation sites is 3. The fourth-order valence-corrected chi connectivity index (χ4v) is 8.61. The summed E-state index contributed by atoms with van der Waals surface area (Å²) in [5.74, 6) is 0.597. The highest BCUT2D eigenvalue weighted by atomic mass is 16.3.